The van der Waals surface area contributed by atoms with Crippen molar-refractivity contribution in [3.63, 3.8) is 0 Å². The maximum Gasteiger partial charge on any atom is 0.302 e. The van der Waals surface area contributed by atoms with E-state index in [-0.39, 0.29) is 5.97 Å². The Balaban J connectivity index is 3.12. The number of rotatable bonds is 11. The quantitative estimate of drug-likeness (QED) is 0.300. The van der Waals surface area contributed by atoms with Crippen molar-refractivity contribution in [2.24, 2.45) is 0 Å². The second kappa shape index (κ2) is 14.0. The fraction of sp³-hybridized carbons (Fsp3) is 0.688. The van der Waals surface area contributed by atoms with Gasteiger partial charge >= 0.3 is 5.97 Å². The normalized spacial score (nSPS) is 11.4. The highest BCUT2D eigenvalue weighted by atomic mass is 16.5. The summed E-state index contributed by atoms with van der Waals surface area (Å²) < 4.78 is 4.84. The van der Waals surface area contributed by atoms with E-state index in [1.807, 2.05) is 0 Å². The first-order chi connectivity index (χ1) is 8.77. The van der Waals surface area contributed by atoms with Crippen LogP contribution in [0.1, 0.15) is 65.2 Å². The van der Waals surface area contributed by atoms with Crippen molar-refractivity contribution in [3.05, 3.63) is 24.3 Å². The highest BCUT2D eigenvalue weighted by Crippen LogP contribution is 2.06. The number of ether oxygens (including phenoxy) is 1. The Bertz CT molecular complexity index is 241. The predicted octanol–water partition coefficient (Wildman–Crippen LogP) is 4.80. The van der Waals surface area contributed by atoms with Crippen LogP contribution in [0.15, 0.2) is 24.3 Å². The van der Waals surface area contributed by atoms with E-state index in [1.165, 1.54) is 39.0 Å². The highest BCUT2D eigenvalue weighted by molar-refractivity contribution is 5.65. The van der Waals surface area contributed by atoms with Gasteiger partial charge in [-0.15, -0.1) is 0 Å². The number of carbonyl (C=O) groups is 1. The predicted molar refractivity (Wildman–Crippen MR) is 77.5 cm³/mol. The molecule has 18 heavy (non-hydrogen) atoms. The van der Waals surface area contributed by atoms with Crippen LogP contribution in [-0.2, 0) is 9.53 Å². The van der Waals surface area contributed by atoms with E-state index in [0.717, 1.165) is 19.3 Å². The van der Waals surface area contributed by atoms with Crippen molar-refractivity contribution < 1.29 is 9.53 Å². The van der Waals surface area contributed by atoms with Gasteiger partial charge in [-0.05, 0) is 38.5 Å². The lowest BCUT2D eigenvalue weighted by atomic mass is 10.1. The summed E-state index contributed by atoms with van der Waals surface area (Å²) in [5.41, 5.74) is 0. The molecule has 0 aromatic carbocycles. The summed E-state index contributed by atoms with van der Waals surface area (Å²) in [4.78, 5) is 10.5. The van der Waals surface area contributed by atoms with E-state index in [4.69, 9.17) is 4.74 Å². The molecule has 0 rings (SSSR count). The van der Waals surface area contributed by atoms with Gasteiger partial charge in [0, 0.05) is 6.92 Å². The maximum atomic E-state index is 10.5. The molecule has 0 aliphatic rings. The topological polar surface area (TPSA) is 26.3 Å². The Kier molecular flexibility index (Phi) is 13.2. The Morgan fingerprint density at radius 3 is 2.00 bits per heavy atom. The SMILES string of the molecule is CC/C=C\CCCCCC/C=C/CCOC(C)=O. The molecule has 2 nitrogen and oxygen atoms in total. The third-order valence-electron chi connectivity index (χ3n) is 2.65. The van der Waals surface area contributed by atoms with Gasteiger partial charge in [0.05, 0.1) is 6.61 Å². The minimum atomic E-state index is -0.194. The zero-order valence-corrected chi connectivity index (χ0v) is 12.0. The first-order valence-corrected chi connectivity index (χ1v) is 7.20. The monoisotopic (exact) mass is 252 g/mol. The average Bonchev–Trinajstić information content (AvgIpc) is 2.34. The van der Waals surface area contributed by atoms with Gasteiger partial charge in [-0.1, -0.05) is 44.1 Å². The molecule has 0 saturated carbocycles. The molecule has 0 aliphatic carbocycles. The zero-order chi connectivity index (χ0) is 13.5. The standard InChI is InChI=1S/C16H28O2/c1-3-4-5-6-7-8-9-10-11-12-13-14-15-18-16(2)17/h4-5,12-13H,3,6-11,14-15H2,1-2H3/b5-4-,13-12+. The second-order valence-electron chi connectivity index (χ2n) is 4.47. The molecule has 0 bridgehead atoms. The van der Waals surface area contributed by atoms with E-state index >= 15 is 0 Å². The lowest BCUT2D eigenvalue weighted by Crippen LogP contribution is -1.98. The summed E-state index contributed by atoms with van der Waals surface area (Å²) in [6.45, 7) is 4.12. The Hall–Kier alpha value is -1.05. The van der Waals surface area contributed by atoms with Gasteiger partial charge in [0.15, 0.2) is 0 Å². The van der Waals surface area contributed by atoms with Crippen LogP contribution in [0.4, 0.5) is 0 Å². The molecule has 0 atom stereocenters. The fourth-order valence-electron chi connectivity index (χ4n) is 1.67. The van der Waals surface area contributed by atoms with Gasteiger partial charge in [-0.2, -0.15) is 0 Å². The lowest BCUT2D eigenvalue weighted by molar-refractivity contribution is -0.140. The summed E-state index contributed by atoms with van der Waals surface area (Å²) in [6, 6.07) is 0. The number of carbonyl (C=O) groups excluding carboxylic acids is 1. The summed E-state index contributed by atoms with van der Waals surface area (Å²) in [6.07, 6.45) is 18.4. The highest BCUT2D eigenvalue weighted by Gasteiger charge is 1.89. The van der Waals surface area contributed by atoms with Crippen LogP contribution >= 0.6 is 0 Å². The molecule has 0 amide bonds. The maximum absolute atomic E-state index is 10.5. The van der Waals surface area contributed by atoms with Crippen LogP contribution in [-0.4, -0.2) is 12.6 Å². The van der Waals surface area contributed by atoms with Crippen molar-refractivity contribution in [1.29, 1.82) is 0 Å². The van der Waals surface area contributed by atoms with Gasteiger partial charge in [0.25, 0.3) is 0 Å². The van der Waals surface area contributed by atoms with Crippen LogP contribution in [0.25, 0.3) is 0 Å². The van der Waals surface area contributed by atoms with Crippen LogP contribution in [0.5, 0.6) is 0 Å². The number of unbranched alkanes of at least 4 members (excludes halogenated alkanes) is 5. The van der Waals surface area contributed by atoms with Crippen molar-refractivity contribution in [2.45, 2.75) is 65.2 Å². The molecule has 0 aromatic rings. The third kappa shape index (κ3) is 14.9. The summed E-state index contributed by atoms with van der Waals surface area (Å²) >= 11 is 0. The van der Waals surface area contributed by atoms with E-state index in [2.05, 4.69) is 31.2 Å². The number of esters is 1. The molecule has 104 valence electrons. The largest absolute Gasteiger partial charge is 0.466 e. The summed E-state index contributed by atoms with van der Waals surface area (Å²) in [5.74, 6) is -0.194. The van der Waals surface area contributed by atoms with Gasteiger partial charge in [-0.3, -0.25) is 4.79 Å². The van der Waals surface area contributed by atoms with Crippen LogP contribution in [0.2, 0.25) is 0 Å². The Morgan fingerprint density at radius 2 is 1.44 bits per heavy atom. The van der Waals surface area contributed by atoms with Crippen LogP contribution < -0.4 is 0 Å². The average molecular weight is 252 g/mol. The van der Waals surface area contributed by atoms with E-state index in [1.54, 1.807) is 0 Å². The third-order valence-corrected chi connectivity index (χ3v) is 2.65. The second-order valence-corrected chi connectivity index (χ2v) is 4.47. The molecule has 2 heteroatoms. The molecule has 0 aromatic heterocycles. The van der Waals surface area contributed by atoms with Crippen molar-refractivity contribution in [2.75, 3.05) is 6.61 Å². The molecule has 0 saturated heterocycles. The van der Waals surface area contributed by atoms with Crippen molar-refractivity contribution >= 4 is 5.97 Å². The Morgan fingerprint density at radius 1 is 0.889 bits per heavy atom. The number of hydrogen-bond donors (Lipinski definition) is 0. The minimum Gasteiger partial charge on any atom is -0.466 e. The van der Waals surface area contributed by atoms with Crippen LogP contribution in [0, 0.1) is 0 Å². The number of hydrogen-bond acceptors (Lipinski definition) is 2. The molecular formula is C16H28O2. The Labute approximate surface area is 112 Å². The molecule has 0 N–H and O–H groups in total. The molecule has 0 radical (unpaired) electrons. The molecule has 0 aliphatic heterocycles. The molecule has 0 heterocycles. The molecule has 0 spiro atoms. The summed E-state index contributed by atoms with van der Waals surface area (Å²) in [7, 11) is 0. The van der Waals surface area contributed by atoms with Gasteiger partial charge in [-0.25, -0.2) is 0 Å². The van der Waals surface area contributed by atoms with E-state index < -0.39 is 0 Å². The summed E-state index contributed by atoms with van der Waals surface area (Å²) in [5, 5.41) is 0. The molecule has 0 fully saturated rings. The van der Waals surface area contributed by atoms with E-state index in [9.17, 15) is 4.79 Å². The van der Waals surface area contributed by atoms with Crippen molar-refractivity contribution in [3.8, 4) is 0 Å². The van der Waals surface area contributed by atoms with Gasteiger partial charge in [0.1, 0.15) is 0 Å². The van der Waals surface area contributed by atoms with Crippen LogP contribution in [0.3, 0.4) is 0 Å². The van der Waals surface area contributed by atoms with Gasteiger partial charge in [0.2, 0.25) is 0 Å². The first-order valence-electron chi connectivity index (χ1n) is 7.20. The smallest absolute Gasteiger partial charge is 0.302 e. The fourth-order valence-corrected chi connectivity index (χ4v) is 1.67. The number of allylic oxidation sites excluding steroid dienone is 3. The minimum absolute atomic E-state index is 0.194. The first kappa shape index (κ1) is 16.9. The molecular weight excluding hydrogens is 224 g/mol. The lowest BCUT2D eigenvalue weighted by Gasteiger charge is -1.98. The van der Waals surface area contributed by atoms with Crippen molar-refractivity contribution in [1.82, 2.24) is 0 Å². The molecule has 0 unspecified atom stereocenters. The van der Waals surface area contributed by atoms with Gasteiger partial charge < -0.3 is 4.74 Å². The van der Waals surface area contributed by atoms with E-state index in [0.29, 0.717) is 6.61 Å². The zero-order valence-electron chi connectivity index (χ0n) is 12.0.